The standard InChI is InChI=1S/C16H18N6O2/c1-3-24-13-8-10(4-5-12(13)23-2)14(17)16-20-15(21-22-16)11-9-18-6-7-19-11/h4-9,14H,3,17H2,1-2H3,(H,20,21,22). The van der Waals surface area contributed by atoms with E-state index in [4.69, 9.17) is 15.2 Å². The number of benzene rings is 1. The normalized spacial score (nSPS) is 12.0. The molecule has 1 aromatic carbocycles. The van der Waals surface area contributed by atoms with Gasteiger partial charge in [0.15, 0.2) is 11.5 Å². The first kappa shape index (κ1) is 15.9. The zero-order valence-electron chi connectivity index (χ0n) is 13.4. The lowest BCUT2D eigenvalue weighted by atomic mass is 10.1. The SMILES string of the molecule is CCOc1cc(C(N)c2nc(-c3cnccn3)n[nH]2)ccc1OC. The minimum Gasteiger partial charge on any atom is -0.493 e. The minimum absolute atomic E-state index is 0.451. The first-order chi connectivity index (χ1) is 11.7. The highest BCUT2D eigenvalue weighted by Crippen LogP contribution is 2.31. The Morgan fingerprint density at radius 3 is 2.83 bits per heavy atom. The maximum Gasteiger partial charge on any atom is 0.201 e. The van der Waals surface area contributed by atoms with Gasteiger partial charge in [0.25, 0.3) is 0 Å². The van der Waals surface area contributed by atoms with Crippen LogP contribution in [-0.2, 0) is 0 Å². The highest BCUT2D eigenvalue weighted by atomic mass is 16.5. The van der Waals surface area contributed by atoms with Crippen LogP contribution in [0.4, 0.5) is 0 Å². The zero-order valence-corrected chi connectivity index (χ0v) is 13.4. The number of rotatable bonds is 6. The molecule has 3 rings (SSSR count). The van der Waals surface area contributed by atoms with Gasteiger partial charge in [0.1, 0.15) is 11.5 Å². The van der Waals surface area contributed by atoms with E-state index in [1.54, 1.807) is 25.7 Å². The van der Waals surface area contributed by atoms with Crippen molar-refractivity contribution in [2.75, 3.05) is 13.7 Å². The maximum absolute atomic E-state index is 6.30. The van der Waals surface area contributed by atoms with E-state index >= 15 is 0 Å². The van der Waals surface area contributed by atoms with E-state index in [1.807, 2.05) is 25.1 Å². The van der Waals surface area contributed by atoms with Gasteiger partial charge in [0, 0.05) is 12.4 Å². The van der Waals surface area contributed by atoms with E-state index in [2.05, 4.69) is 25.1 Å². The monoisotopic (exact) mass is 326 g/mol. The van der Waals surface area contributed by atoms with E-state index in [9.17, 15) is 0 Å². The Morgan fingerprint density at radius 2 is 2.12 bits per heavy atom. The number of H-pyrrole nitrogens is 1. The summed E-state index contributed by atoms with van der Waals surface area (Å²) in [5.74, 6) is 2.28. The second-order valence-electron chi connectivity index (χ2n) is 4.96. The van der Waals surface area contributed by atoms with Crippen LogP contribution in [0, 0.1) is 0 Å². The van der Waals surface area contributed by atoms with Gasteiger partial charge in [0.05, 0.1) is 26.0 Å². The summed E-state index contributed by atoms with van der Waals surface area (Å²) in [6.07, 6.45) is 4.78. The molecular formula is C16H18N6O2. The van der Waals surface area contributed by atoms with E-state index < -0.39 is 6.04 Å². The topological polar surface area (TPSA) is 112 Å². The van der Waals surface area contributed by atoms with Crippen LogP contribution >= 0.6 is 0 Å². The molecule has 1 atom stereocenters. The van der Waals surface area contributed by atoms with Gasteiger partial charge in [-0.1, -0.05) is 6.07 Å². The fourth-order valence-electron chi connectivity index (χ4n) is 2.26. The lowest BCUT2D eigenvalue weighted by molar-refractivity contribution is 0.310. The van der Waals surface area contributed by atoms with E-state index in [1.165, 1.54) is 0 Å². The van der Waals surface area contributed by atoms with Crippen molar-refractivity contribution < 1.29 is 9.47 Å². The van der Waals surface area contributed by atoms with Gasteiger partial charge in [-0.25, -0.2) is 9.97 Å². The smallest absolute Gasteiger partial charge is 0.201 e. The van der Waals surface area contributed by atoms with Crippen LogP contribution in [0.5, 0.6) is 11.5 Å². The van der Waals surface area contributed by atoms with Crippen LogP contribution in [0.3, 0.4) is 0 Å². The quantitative estimate of drug-likeness (QED) is 0.709. The van der Waals surface area contributed by atoms with Crippen LogP contribution in [-0.4, -0.2) is 38.9 Å². The molecule has 0 spiro atoms. The molecule has 0 aliphatic carbocycles. The van der Waals surface area contributed by atoms with Crippen LogP contribution in [0.25, 0.3) is 11.5 Å². The molecule has 2 heterocycles. The summed E-state index contributed by atoms with van der Waals surface area (Å²) in [5, 5.41) is 7.01. The third-order valence-corrected chi connectivity index (χ3v) is 3.44. The Labute approximate surface area is 139 Å². The number of hydrogen-bond acceptors (Lipinski definition) is 7. The average molecular weight is 326 g/mol. The van der Waals surface area contributed by atoms with Crippen molar-refractivity contribution in [3.63, 3.8) is 0 Å². The fourth-order valence-corrected chi connectivity index (χ4v) is 2.26. The molecule has 1 unspecified atom stereocenters. The number of methoxy groups -OCH3 is 1. The lowest BCUT2D eigenvalue weighted by Crippen LogP contribution is -2.14. The number of hydrogen-bond donors (Lipinski definition) is 2. The molecular weight excluding hydrogens is 308 g/mol. The van der Waals surface area contributed by atoms with Gasteiger partial charge in [-0.3, -0.25) is 10.1 Å². The van der Waals surface area contributed by atoms with Gasteiger partial charge >= 0.3 is 0 Å². The summed E-state index contributed by atoms with van der Waals surface area (Å²) in [5.41, 5.74) is 7.71. The first-order valence-corrected chi connectivity index (χ1v) is 7.48. The summed E-state index contributed by atoms with van der Waals surface area (Å²) in [4.78, 5) is 12.6. The number of nitrogens with two attached hydrogens (primary N) is 1. The predicted octanol–water partition coefficient (Wildman–Crippen LogP) is 1.72. The summed E-state index contributed by atoms with van der Waals surface area (Å²) in [7, 11) is 1.60. The molecule has 0 bridgehead atoms. The van der Waals surface area contributed by atoms with Crippen LogP contribution in [0.1, 0.15) is 24.4 Å². The average Bonchev–Trinajstić information content (AvgIpc) is 3.12. The Bertz CT molecular complexity index is 805. The largest absolute Gasteiger partial charge is 0.493 e. The van der Waals surface area contributed by atoms with Crippen LogP contribution < -0.4 is 15.2 Å². The van der Waals surface area contributed by atoms with Crippen molar-refractivity contribution in [1.82, 2.24) is 25.1 Å². The van der Waals surface area contributed by atoms with Crippen molar-refractivity contribution in [1.29, 1.82) is 0 Å². The van der Waals surface area contributed by atoms with Crippen molar-refractivity contribution in [2.24, 2.45) is 5.73 Å². The number of aromatic amines is 1. The Morgan fingerprint density at radius 1 is 1.25 bits per heavy atom. The van der Waals surface area contributed by atoms with Gasteiger partial charge in [-0.15, -0.1) is 0 Å². The van der Waals surface area contributed by atoms with E-state index in [0.29, 0.717) is 35.4 Å². The number of nitrogens with zero attached hydrogens (tertiary/aromatic N) is 4. The summed E-state index contributed by atoms with van der Waals surface area (Å²) in [6, 6.07) is 5.06. The number of nitrogens with one attached hydrogen (secondary N) is 1. The van der Waals surface area contributed by atoms with Crippen molar-refractivity contribution in [3.8, 4) is 23.0 Å². The number of ether oxygens (including phenoxy) is 2. The predicted molar refractivity (Wildman–Crippen MR) is 87.6 cm³/mol. The molecule has 3 N–H and O–H groups in total. The molecule has 8 nitrogen and oxygen atoms in total. The maximum atomic E-state index is 6.30. The summed E-state index contributed by atoms with van der Waals surface area (Å²) < 4.78 is 10.9. The highest BCUT2D eigenvalue weighted by Gasteiger charge is 2.17. The van der Waals surface area contributed by atoms with Crippen LogP contribution in [0.15, 0.2) is 36.8 Å². The molecule has 24 heavy (non-hydrogen) atoms. The second kappa shape index (κ2) is 7.05. The molecule has 3 aromatic rings. The molecule has 0 fully saturated rings. The molecule has 0 saturated heterocycles. The summed E-state index contributed by atoms with van der Waals surface area (Å²) >= 11 is 0. The summed E-state index contributed by atoms with van der Waals surface area (Å²) in [6.45, 7) is 2.45. The lowest BCUT2D eigenvalue weighted by Gasteiger charge is -2.14. The Hall–Kier alpha value is -3.00. The van der Waals surface area contributed by atoms with Gasteiger partial charge in [-0.2, -0.15) is 5.10 Å². The van der Waals surface area contributed by atoms with Gasteiger partial charge < -0.3 is 15.2 Å². The van der Waals surface area contributed by atoms with Crippen molar-refractivity contribution in [3.05, 3.63) is 48.2 Å². The van der Waals surface area contributed by atoms with Gasteiger partial charge in [-0.05, 0) is 24.6 Å². The second-order valence-corrected chi connectivity index (χ2v) is 4.96. The fraction of sp³-hybridized carbons (Fsp3) is 0.250. The molecule has 0 aliphatic rings. The molecule has 8 heteroatoms. The first-order valence-electron chi connectivity index (χ1n) is 7.48. The Balaban J connectivity index is 1.88. The molecule has 2 aromatic heterocycles. The third kappa shape index (κ3) is 3.18. The zero-order chi connectivity index (χ0) is 16.9. The van der Waals surface area contributed by atoms with E-state index in [0.717, 1.165) is 5.56 Å². The molecule has 124 valence electrons. The molecule has 0 radical (unpaired) electrons. The molecule has 0 saturated carbocycles. The van der Waals surface area contributed by atoms with Crippen molar-refractivity contribution in [2.45, 2.75) is 13.0 Å². The molecule has 0 aliphatic heterocycles. The minimum atomic E-state index is -0.479. The number of aromatic nitrogens is 5. The van der Waals surface area contributed by atoms with Crippen LogP contribution in [0.2, 0.25) is 0 Å². The Kier molecular flexibility index (Phi) is 4.66. The highest BCUT2D eigenvalue weighted by molar-refractivity contribution is 5.47. The third-order valence-electron chi connectivity index (χ3n) is 3.44. The molecule has 0 amide bonds. The van der Waals surface area contributed by atoms with Gasteiger partial charge in [0.2, 0.25) is 5.82 Å². The van der Waals surface area contributed by atoms with E-state index in [-0.39, 0.29) is 0 Å². The van der Waals surface area contributed by atoms with Crippen molar-refractivity contribution >= 4 is 0 Å².